The molecule has 0 aromatic carbocycles. The van der Waals surface area contributed by atoms with Gasteiger partial charge in [0, 0.05) is 30.6 Å². The van der Waals surface area contributed by atoms with Crippen molar-refractivity contribution in [1.82, 2.24) is 15.1 Å². The van der Waals surface area contributed by atoms with Crippen LogP contribution >= 0.6 is 0 Å². The Morgan fingerprint density at radius 3 is 3.06 bits per heavy atom. The third-order valence-corrected chi connectivity index (χ3v) is 4.49. The van der Waals surface area contributed by atoms with Crippen LogP contribution in [0.3, 0.4) is 0 Å². The molecule has 0 fully saturated rings. The lowest BCUT2D eigenvalue weighted by Gasteiger charge is -2.23. The molecule has 2 rings (SSSR count). The summed E-state index contributed by atoms with van der Waals surface area (Å²) < 4.78 is 24.0. The molecule has 1 unspecified atom stereocenters. The first-order valence-electron chi connectivity index (χ1n) is 6.39. The van der Waals surface area contributed by atoms with E-state index < -0.39 is 9.84 Å². The zero-order valence-corrected chi connectivity index (χ0v) is 11.8. The van der Waals surface area contributed by atoms with Crippen LogP contribution in [-0.2, 0) is 23.3 Å². The van der Waals surface area contributed by atoms with Crippen molar-refractivity contribution in [2.24, 2.45) is 7.05 Å². The van der Waals surface area contributed by atoms with Crippen LogP contribution in [0.1, 0.15) is 36.6 Å². The smallest absolute Gasteiger partial charge is 0.147 e. The van der Waals surface area contributed by atoms with Crippen LogP contribution in [-0.4, -0.2) is 36.8 Å². The largest absolute Gasteiger partial charge is 0.310 e. The predicted molar refractivity (Wildman–Crippen MR) is 71.2 cm³/mol. The molecule has 0 amide bonds. The standard InChI is InChI=1S/C12H21N3O2S/c1-15-12-6-3-5-11(10(12)9-14-15)13-7-4-8-18(2,16)17/h9,11,13H,3-8H2,1-2H3. The quantitative estimate of drug-likeness (QED) is 0.805. The van der Waals surface area contributed by atoms with Gasteiger partial charge in [-0.15, -0.1) is 0 Å². The molecule has 102 valence electrons. The van der Waals surface area contributed by atoms with E-state index in [-0.39, 0.29) is 5.75 Å². The lowest BCUT2D eigenvalue weighted by molar-refractivity contribution is 0.453. The van der Waals surface area contributed by atoms with Gasteiger partial charge in [-0.05, 0) is 32.2 Å². The summed E-state index contributed by atoms with van der Waals surface area (Å²) in [5, 5.41) is 7.74. The van der Waals surface area contributed by atoms with Gasteiger partial charge >= 0.3 is 0 Å². The summed E-state index contributed by atoms with van der Waals surface area (Å²) in [5.41, 5.74) is 2.59. The normalized spacial score (nSPS) is 19.8. The number of aromatic nitrogens is 2. The van der Waals surface area contributed by atoms with Crippen molar-refractivity contribution in [3.63, 3.8) is 0 Å². The Labute approximate surface area is 108 Å². The van der Waals surface area contributed by atoms with Crippen molar-refractivity contribution in [3.05, 3.63) is 17.5 Å². The first kappa shape index (κ1) is 13.5. The van der Waals surface area contributed by atoms with Crippen LogP contribution in [0, 0.1) is 0 Å². The van der Waals surface area contributed by atoms with Crippen molar-refractivity contribution in [3.8, 4) is 0 Å². The molecule has 1 aliphatic carbocycles. The van der Waals surface area contributed by atoms with E-state index in [1.165, 1.54) is 17.5 Å². The van der Waals surface area contributed by atoms with Crippen LogP contribution in [0.4, 0.5) is 0 Å². The number of hydrogen-bond donors (Lipinski definition) is 1. The molecule has 1 atom stereocenters. The number of aryl methyl sites for hydroxylation is 1. The van der Waals surface area contributed by atoms with Gasteiger partial charge in [0.15, 0.2) is 0 Å². The zero-order chi connectivity index (χ0) is 13.2. The zero-order valence-electron chi connectivity index (χ0n) is 11.0. The molecule has 0 saturated carbocycles. The highest BCUT2D eigenvalue weighted by Gasteiger charge is 2.22. The summed E-state index contributed by atoms with van der Waals surface area (Å²) in [6.45, 7) is 0.742. The van der Waals surface area contributed by atoms with Crippen molar-refractivity contribution >= 4 is 9.84 Å². The maximum absolute atomic E-state index is 11.0. The van der Waals surface area contributed by atoms with Gasteiger partial charge < -0.3 is 5.32 Å². The third-order valence-electron chi connectivity index (χ3n) is 3.46. The van der Waals surface area contributed by atoms with Crippen LogP contribution in [0.25, 0.3) is 0 Å². The number of fused-ring (bicyclic) bond motifs is 1. The van der Waals surface area contributed by atoms with Gasteiger partial charge in [0.05, 0.1) is 11.9 Å². The van der Waals surface area contributed by atoms with Crippen LogP contribution in [0.2, 0.25) is 0 Å². The molecule has 0 radical (unpaired) electrons. The fourth-order valence-corrected chi connectivity index (χ4v) is 3.20. The second-order valence-corrected chi connectivity index (χ2v) is 7.31. The lowest BCUT2D eigenvalue weighted by Crippen LogP contribution is -2.27. The summed E-state index contributed by atoms with van der Waals surface area (Å²) in [6, 6.07) is 0.335. The van der Waals surface area contributed by atoms with E-state index in [0.717, 1.165) is 25.8 Å². The van der Waals surface area contributed by atoms with Gasteiger partial charge in [-0.2, -0.15) is 5.10 Å². The first-order valence-corrected chi connectivity index (χ1v) is 8.45. The Bertz CT molecular complexity index is 507. The van der Waals surface area contributed by atoms with E-state index in [9.17, 15) is 8.42 Å². The maximum atomic E-state index is 11.0. The third kappa shape index (κ3) is 3.32. The molecule has 18 heavy (non-hydrogen) atoms. The molecule has 1 N–H and O–H groups in total. The van der Waals surface area contributed by atoms with E-state index in [2.05, 4.69) is 10.4 Å². The predicted octanol–water partition coefficient (Wildman–Crippen LogP) is 0.822. The number of sulfone groups is 1. The summed E-state index contributed by atoms with van der Waals surface area (Å²) in [6.07, 6.45) is 7.25. The molecule has 0 aliphatic heterocycles. The van der Waals surface area contributed by atoms with Gasteiger partial charge in [0.1, 0.15) is 9.84 Å². The Hall–Kier alpha value is -0.880. The molecule has 6 heteroatoms. The van der Waals surface area contributed by atoms with Gasteiger partial charge in [-0.25, -0.2) is 8.42 Å². The molecule has 5 nitrogen and oxygen atoms in total. The number of nitrogens with one attached hydrogen (secondary N) is 1. The fourth-order valence-electron chi connectivity index (χ4n) is 2.53. The van der Waals surface area contributed by atoms with E-state index >= 15 is 0 Å². The van der Waals surface area contributed by atoms with Crippen LogP contribution < -0.4 is 5.32 Å². The summed E-state index contributed by atoms with van der Waals surface area (Å²) in [5.74, 6) is 0.257. The topological polar surface area (TPSA) is 64.0 Å². The molecule has 0 saturated heterocycles. The van der Waals surface area contributed by atoms with Crippen molar-refractivity contribution in [2.45, 2.75) is 31.7 Å². The van der Waals surface area contributed by atoms with Crippen LogP contribution in [0.15, 0.2) is 6.20 Å². The Kier molecular flexibility index (Phi) is 4.07. The number of rotatable bonds is 5. The van der Waals surface area contributed by atoms with Crippen LogP contribution in [0.5, 0.6) is 0 Å². The molecule has 1 aliphatic rings. The first-order chi connectivity index (χ1) is 8.47. The molecular formula is C12H21N3O2S. The second-order valence-electron chi connectivity index (χ2n) is 5.05. The average Bonchev–Trinajstić information content (AvgIpc) is 2.67. The monoisotopic (exact) mass is 271 g/mol. The minimum Gasteiger partial charge on any atom is -0.310 e. The highest BCUT2D eigenvalue weighted by Crippen LogP contribution is 2.28. The summed E-state index contributed by atoms with van der Waals surface area (Å²) in [4.78, 5) is 0. The molecule has 0 bridgehead atoms. The average molecular weight is 271 g/mol. The SMILES string of the molecule is Cn1ncc2c1CCCC2NCCCS(C)(=O)=O. The van der Waals surface area contributed by atoms with Crippen molar-refractivity contribution < 1.29 is 8.42 Å². The minimum absolute atomic E-state index is 0.257. The van der Waals surface area contributed by atoms with Crippen molar-refractivity contribution in [2.75, 3.05) is 18.6 Å². The minimum atomic E-state index is -2.84. The van der Waals surface area contributed by atoms with Gasteiger partial charge in [0.2, 0.25) is 0 Å². The molecule has 1 aromatic heterocycles. The number of hydrogen-bond acceptors (Lipinski definition) is 4. The molecule has 0 spiro atoms. The van der Waals surface area contributed by atoms with Gasteiger partial charge in [0.25, 0.3) is 0 Å². The number of nitrogens with zero attached hydrogens (tertiary/aromatic N) is 2. The van der Waals surface area contributed by atoms with Gasteiger partial charge in [-0.3, -0.25) is 4.68 Å². The molecule has 1 aromatic rings. The Morgan fingerprint density at radius 1 is 1.56 bits per heavy atom. The van der Waals surface area contributed by atoms with E-state index in [0.29, 0.717) is 12.5 Å². The molecular weight excluding hydrogens is 250 g/mol. The Balaban J connectivity index is 1.88. The summed E-state index contributed by atoms with van der Waals surface area (Å²) >= 11 is 0. The summed E-state index contributed by atoms with van der Waals surface area (Å²) in [7, 11) is -0.863. The van der Waals surface area contributed by atoms with Crippen molar-refractivity contribution in [1.29, 1.82) is 0 Å². The van der Waals surface area contributed by atoms with E-state index in [1.807, 2.05) is 17.9 Å². The van der Waals surface area contributed by atoms with E-state index in [4.69, 9.17) is 0 Å². The lowest BCUT2D eigenvalue weighted by atomic mass is 9.93. The van der Waals surface area contributed by atoms with E-state index in [1.54, 1.807) is 0 Å². The fraction of sp³-hybridized carbons (Fsp3) is 0.750. The maximum Gasteiger partial charge on any atom is 0.147 e. The van der Waals surface area contributed by atoms with Gasteiger partial charge in [-0.1, -0.05) is 0 Å². The highest BCUT2D eigenvalue weighted by atomic mass is 32.2. The second kappa shape index (κ2) is 5.40. The highest BCUT2D eigenvalue weighted by molar-refractivity contribution is 7.90. The molecule has 1 heterocycles. The Morgan fingerprint density at radius 2 is 2.33 bits per heavy atom.